The van der Waals surface area contributed by atoms with E-state index in [1.165, 1.54) is 4.90 Å². The molecule has 8 nitrogen and oxygen atoms in total. The van der Waals surface area contributed by atoms with Crippen molar-refractivity contribution in [2.75, 3.05) is 29.5 Å². The van der Waals surface area contributed by atoms with Crippen LogP contribution in [0.2, 0.25) is 0 Å². The van der Waals surface area contributed by atoms with Gasteiger partial charge in [0.15, 0.2) is 0 Å². The van der Waals surface area contributed by atoms with Gasteiger partial charge in [0.1, 0.15) is 36.1 Å². The lowest BCUT2D eigenvalue weighted by molar-refractivity contribution is 0.195. The van der Waals surface area contributed by atoms with Crippen molar-refractivity contribution < 1.29 is 14.6 Å². The van der Waals surface area contributed by atoms with Crippen molar-refractivity contribution in [3.63, 3.8) is 0 Å². The summed E-state index contributed by atoms with van der Waals surface area (Å²) in [4.78, 5) is 15.0. The summed E-state index contributed by atoms with van der Waals surface area (Å²) in [6.45, 7) is 9.25. The Morgan fingerprint density at radius 3 is 1.94 bits per heavy atom. The van der Waals surface area contributed by atoms with Crippen LogP contribution in [0.15, 0.2) is 54.1 Å². The van der Waals surface area contributed by atoms with Crippen LogP contribution in [-0.4, -0.2) is 36.4 Å². The number of benzene rings is 2. The van der Waals surface area contributed by atoms with E-state index in [1.54, 1.807) is 48.5 Å². The molecule has 2 rings (SSSR count). The Labute approximate surface area is 200 Å². The fourth-order valence-electron chi connectivity index (χ4n) is 3.46. The topological polar surface area (TPSA) is 124 Å². The number of hydrogen-bond acceptors (Lipinski definition) is 6. The van der Waals surface area contributed by atoms with Gasteiger partial charge in [-0.1, -0.05) is 12.1 Å². The van der Waals surface area contributed by atoms with E-state index in [-0.39, 0.29) is 11.1 Å². The summed E-state index contributed by atoms with van der Waals surface area (Å²) in [6.07, 6.45) is -1.01. The van der Waals surface area contributed by atoms with E-state index < -0.39 is 11.6 Å². The normalized spacial score (nSPS) is 10.3. The number of amides is 1. The van der Waals surface area contributed by atoms with Crippen LogP contribution in [0.25, 0.3) is 5.57 Å². The van der Waals surface area contributed by atoms with Crippen molar-refractivity contribution in [3.8, 4) is 24.0 Å². The van der Waals surface area contributed by atoms with Gasteiger partial charge in [0.25, 0.3) is 0 Å². The zero-order valence-electron chi connectivity index (χ0n) is 19.7. The molecule has 0 aliphatic carbocycles. The van der Waals surface area contributed by atoms with E-state index in [9.17, 15) is 15.2 Å². The van der Waals surface area contributed by atoms with Gasteiger partial charge < -0.3 is 14.7 Å². The second-order valence-corrected chi connectivity index (χ2v) is 8.34. The molecular weight excluding hydrogens is 430 g/mol. The summed E-state index contributed by atoms with van der Waals surface area (Å²) < 4.78 is 5.85. The summed E-state index contributed by atoms with van der Waals surface area (Å²) >= 11 is 0. The number of rotatable bonds is 8. The second-order valence-electron chi connectivity index (χ2n) is 8.34. The number of anilines is 2. The lowest BCUT2D eigenvalue weighted by atomic mass is 10.0. The average Bonchev–Trinajstić information content (AvgIpc) is 2.80. The van der Waals surface area contributed by atoms with Crippen molar-refractivity contribution in [2.24, 2.45) is 0 Å². The highest BCUT2D eigenvalue weighted by molar-refractivity contribution is 5.87. The lowest BCUT2D eigenvalue weighted by Crippen LogP contribution is -2.45. The van der Waals surface area contributed by atoms with Gasteiger partial charge in [-0.3, -0.25) is 4.90 Å². The molecule has 0 bridgehead atoms. The average molecular weight is 458 g/mol. The molecule has 0 unspecified atom stereocenters. The van der Waals surface area contributed by atoms with Gasteiger partial charge in [0, 0.05) is 23.5 Å². The molecule has 2 aromatic rings. The highest BCUT2D eigenvalue weighted by Crippen LogP contribution is 2.26. The molecule has 0 spiro atoms. The minimum Gasteiger partial charge on any atom is -0.492 e. The summed E-state index contributed by atoms with van der Waals surface area (Å²) in [5.74, 6) is 0.638. The molecule has 0 aliphatic rings. The third-order valence-corrected chi connectivity index (χ3v) is 5.08. The van der Waals surface area contributed by atoms with E-state index in [4.69, 9.17) is 15.3 Å². The Kier molecular flexibility index (Phi) is 8.65. The second kappa shape index (κ2) is 11.4. The standard InChI is InChI=1S/C26H27N5O3/c1-5-30(21-8-6-19(7-9-21)24(18-29)20(16-27)17-28)14-15-34-23-12-10-22(11-13-23)31(25(32)33)26(2,3)4/h6-13H,5,14-15H2,1-4H3,(H,32,33). The first-order valence-corrected chi connectivity index (χ1v) is 10.7. The van der Waals surface area contributed by atoms with Crippen molar-refractivity contribution in [2.45, 2.75) is 33.2 Å². The number of nitrogens with zero attached hydrogens (tertiary/aromatic N) is 5. The van der Waals surface area contributed by atoms with Gasteiger partial charge in [-0.15, -0.1) is 0 Å². The fraction of sp³-hybridized carbons (Fsp3) is 0.308. The Balaban J connectivity index is 2.05. The number of carboxylic acid groups (broad SMARTS) is 1. The summed E-state index contributed by atoms with van der Waals surface area (Å²) in [6, 6.07) is 19.5. The van der Waals surface area contributed by atoms with E-state index in [0.717, 1.165) is 12.2 Å². The highest BCUT2D eigenvalue weighted by atomic mass is 16.5. The van der Waals surface area contributed by atoms with Gasteiger partial charge in [-0.25, -0.2) is 4.79 Å². The maximum atomic E-state index is 11.6. The predicted molar refractivity (Wildman–Crippen MR) is 130 cm³/mol. The fourth-order valence-corrected chi connectivity index (χ4v) is 3.46. The molecule has 0 fully saturated rings. The summed E-state index contributed by atoms with van der Waals surface area (Å²) in [7, 11) is 0. The first-order valence-electron chi connectivity index (χ1n) is 10.7. The van der Waals surface area contributed by atoms with E-state index in [1.807, 2.05) is 45.9 Å². The molecule has 2 aromatic carbocycles. The largest absolute Gasteiger partial charge is 0.492 e. The first-order chi connectivity index (χ1) is 16.2. The minimum absolute atomic E-state index is 0.0549. The van der Waals surface area contributed by atoms with Crippen LogP contribution in [0.1, 0.15) is 33.3 Å². The van der Waals surface area contributed by atoms with Crippen LogP contribution >= 0.6 is 0 Å². The zero-order chi connectivity index (χ0) is 25.3. The molecule has 34 heavy (non-hydrogen) atoms. The number of ether oxygens (including phenoxy) is 1. The quantitative estimate of drug-likeness (QED) is 0.540. The maximum Gasteiger partial charge on any atom is 0.412 e. The first kappa shape index (κ1) is 25.8. The molecule has 174 valence electrons. The third kappa shape index (κ3) is 6.28. The Bertz CT molecular complexity index is 1140. The summed E-state index contributed by atoms with van der Waals surface area (Å²) in [5, 5.41) is 36.9. The molecule has 1 N–H and O–H groups in total. The predicted octanol–water partition coefficient (Wildman–Crippen LogP) is 5.20. The van der Waals surface area contributed by atoms with Crippen LogP contribution in [0, 0.1) is 34.0 Å². The molecule has 8 heteroatoms. The van der Waals surface area contributed by atoms with Crippen molar-refractivity contribution >= 4 is 23.0 Å². The van der Waals surface area contributed by atoms with Crippen LogP contribution in [0.4, 0.5) is 16.2 Å². The van der Waals surface area contributed by atoms with E-state index in [2.05, 4.69) is 4.90 Å². The summed E-state index contributed by atoms with van der Waals surface area (Å²) in [5.41, 5.74) is 1.28. The number of likely N-dealkylation sites (N-methyl/N-ethyl adjacent to an activating group) is 1. The molecule has 0 radical (unpaired) electrons. The van der Waals surface area contributed by atoms with Gasteiger partial charge in [0.2, 0.25) is 0 Å². The number of nitriles is 3. The number of carbonyl (C=O) groups is 1. The smallest absolute Gasteiger partial charge is 0.412 e. The lowest BCUT2D eigenvalue weighted by Gasteiger charge is -2.33. The molecule has 0 saturated carbocycles. The Hall–Kier alpha value is -4.48. The Morgan fingerprint density at radius 2 is 1.50 bits per heavy atom. The zero-order valence-corrected chi connectivity index (χ0v) is 19.7. The SMILES string of the molecule is CCN(CCOc1ccc(N(C(=O)O)C(C)(C)C)cc1)c1ccc(C(C#N)=C(C#N)C#N)cc1. The molecular formula is C26H27N5O3. The van der Waals surface area contributed by atoms with Crippen LogP contribution in [-0.2, 0) is 0 Å². The van der Waals surface area contributed by atoms with Gasteiger partial charge in [-0.2, -0.15) is 15.8 Å². The van der Waals surface area contributed by atoms with Gasteiger partial charge >= 0.3 is 6.09 Å². The van der Waals surface area contributed by atoms with Crippen molar-refractivity contribution in [1.29, 1.82) is 15.8 Å². The third-order valence-electron chi connectivity index (χ3n) is 5.08. The van der Waals surface area contributed by atoms with Crippen LogP contribution in [0.5, 0.6) is 5.75 Å². The minimum atomic E-state index is -1.01. The van der Waals surface area contributed by atoms with E-state index in [0.29, 0.717) is 30.2 Å². The molecule has 0 aliphatic heterocycles. The van der Waals surface area contributed by atoms with E-state index >= 15 is 0 Å². The molecule has 0 atom stereocenters. The van der Waals surface area contributed by atoms with Crippen molar-refractivity contribution in [1.82, 2.24) is 0 Å². The van der Waals surface area contributed by atoms with Gasteiger partial charge in [0.05, 0.1) is 12.1 Å². The molecule has 1 amide bonds. The van der Waals surface area contributed by atoms with Crippen LogP contribution < -0.4 is 14.5 Å². The Morgan fingerprint density at radius 1 is 0.941 bits per heavy atom. The highest BCUT2D eigenvalue weighted by Gasteiger charge is 2.27. The van der Waals surface area contributed by atoms with Crippen LogP contribution in [0.3, 0.4) is 0 Å². The number of hydrogen-bond donors (Lipinski definition) is 1. The van der Waals surface area contributed by atoms with Gasteiger partial charge in [-0.05, 0) is 69.7 Å². The molecule has 0 aromatic heterocycles. The van der Waals surface area contributed by atoms with Crippen molar-refractivity contribution in [3.05, 3.63) is 59.7 Å². The number of allylic oxidation sites excluding steroid dienone is 2. The molecule has 0 heterocycles. The maximum absolute atomic E-state index is 11.6. The monoisotopic (exact) mass is 457 g/mol. The molecule has 0 saturated heterocycles.